The van der Waals surface area contributed by atoms with Crippen molar-refractivity contribution in [2.24, 2.45) is 11.8 Å². The van der Waals surface area contributed by atoms with Gasteiger partial charge in [0, 0.05) is 48.2 Å². The number of aryl methyl sites for hydroxylation is 1. The number of nitrogens with zero attached hydrogens (tertiary/aromatic N) is 2. The molecule has 2 saturated carbocycles. The zero-order valence-corrected chi connectivity index (χ0v) is 26.2. The van der Waals surface area contributed by atoms with Gasteiger partial charge in [0.2, 0.25) is 5.91 Å². The predicted octanol–water partition coefficient (Wildman–Crippen LogP) is 6.65. The van der Waals surface area contributed by atoms with E-state index in [0.29, 0.717) is 35.8 Å². The van der Waals surface area contributed by atoms with Crippen molar-refractivity contribution < 1.29 is 19.4 Å². The number of benzene rings is 2. The minimum atomic E-state index is -0.164. The van der Waals surface area contributed by atoms with Crippen LogP contribution in [0.5, 0.6) is 17.2 Å². The number of carbonyl (C=O) groups is 1. The maximum atomic E-state index is 14.0. The molecule has 6 heteroatoms. The smallest absolute Gasteiger partial charge is 0.222 e. The van der Waals surface area contributed by atoms with E-state index in [2.05, 4.69) is 47.1 Å². The highest BCUT2D eigenvalue weighted by molar-refractivity contribution is 5.77. The fourth-order valence-electron chi connectivity index (χ4n) is 9.35. The van der Waals surface area contributed by atoms with Crippen molar-refractivity contribution in [3.63, 3.8) is 0 Å². The van der Waals surface area contributed by atoms with Crippen LogP contribution in [-0.4, -0.2) is 65.7 Å². The van der Waals surface area contributed by atoms with Crippen molar-refractivity contribution in [2.75, 3.05) is 26.7 Å². The van der Waals surface area contributed by atoms with E-state index in [0.717, 1.165) is 94.5 Å². The molecule has 232 valence electrons. The molecule has 5 atom stereocenters. The van der Waals surface area contributed by atoms with Crippen LogP contribution in [-0.2, 0) is 23.1 Å². The number of phenols is 1. The Hall–Kier alpha value is -2.73. The lowest BCUT2D eigenvalue weighted by molar-refractivity contribution is -0.143. The molecule has 2 heterocycles. The minimum Gasteiger partial charge on any atom is -0.508 e. The first kappa shape index (κ1) is 29.0. The van der Waals surface area contributed by atoms with Gasteiger partial charge in [0.25, 0.3) is 0 Å². The molecule has 0 aromatic heterocycles. The molecule has 1 spiro atoms. The number of ether oxygens (including phenoxy) is 2. The maximum Gasteiger partial charge on any atom is 0.222 e. The van der Waals surface area contributed by atoms with Crippen LogP contribution in [0.3, 0.4) is 0 Å². The Morgan fingerprint density at radius 3 is 2.72 bits per heavy atom. The Morgan fingerprint density at radius 2 is 1.95 bits per heavy atom. The van der Waals surface area contributed by atoms with Crippen LogP contribution in [0, 0.1) is 11.8 Å². The third-order valence-corrected chi connectivity index (χ3v) is 11.6. The van der Waals surface area contributed by atoms with Gasteiger partial charge in [-0.2, -0.15) is 0 Å². The van der Waals surface area contributed by atoms with Crippen molar-refractivity contribution in [3.05, 3.63) is 53.1 Å². The van der Waals surface area contributed by atoms with Crippen molar-refractivity contribution in [1.82, 2.24) is 9.80 Å². The second kappa shape index (κ2) is 12.0. The van der Waals surface area contributed by atoms with Gasteiger partial charge in [0.05, 0.1) is 13.2 Å². The van der Waals surface area contributed by atoms with Crippen molar-refractivity contribution in [3.8, 4) is 17.2 Å². The number of hydrogen-bond donors (Lipinski definition) is 1. The third-order valence-electron chi connectivity index (χ3n) is 11.6. The lowest BCUT2D eigenvalue weighted by atomic mass is 9.50. The predicted molar refractivity (Wildman–Crippen MR) is 169 cm³/mol. The molecule has 1 N–H and O–H groups in total. The van der Waals surface area contributed by atoms with E-state index in [9.17, 15) is 9.90 Å². The number of unbranched alkanes of at least 4 members (excludes halogenated alkanes) is 3. The summed E-state index contributed by atoms with van der Waals surface area (Å²) >= 11 is 0. The minimum absolute atomic E-state index is 0.0560. The molecule has 2 aromatic rings. The van der Waals surface area contributed by atoms with Crippen LogP contribution in [0.2, 0.25) is 0 Å². The number of piperidine rings is 1. The fourth-order valence-corrected chi connectivity index (χ4v) is 9.35. The van der Waals surface area contributed by atoms with Gasteiger partial charge in [-0.15, -0.1) is 0 Å². The third kappa shape index (κ3) is 5.11. The number of rotatable bonds is 13. The van der Waals surface area contributed by atoms with E-state index in [1.54, 1.807) is 13.2 Å². The molecule has 2 aromatic carbocycles. The largest absolute Gasteiger partial charge is 0.508 e. The van der Waals surface area contributed by atoms with E-state index in [-0.39, 0.29) is 17.6 Å². The molecule has 2 aliphatic heterocycles. The number of aromatic hydroxyl groups is 1. The summed E-state index contributed by atoms with van der Waals surface area (Å²) in [5, 5.41) is 11.3. The molecule has 5 aliphatic rings. The number of likely N-dealkylation sites (tertiary alicyclic amines) is 1. The molecule has 7 rings (SSSR count). The number of hydrogen-bond acceptors (Lipinski definition) is 5. The lowest BCUT2D eigenvalue weighted by Crippen LogP contribution is -2.69. The molecular formula is C37H50N2O4. The van der Waals surface area contributed by atoms with E-state index >= 15 is 0 Å². The Kier molecular flexibility index (Phi) is 8.09. The normalized spacial score (nSPS) is 28.7. The van der Waals surface area contributed by atoms with Gasteiger partial charge in [-0.25, -0.2) is 0 Å². The van der Waals surface area contributed by atoms with Crippen LogP contribution < -0.4 is 9.47 Å². The molecule has 0 radical (unpaired) electrons. The topological polar surface area (TPSA) is 62.2 Å². The summed E-state index contributed by atoms with van der Waals surface area (Å²) in [7, 11) is 1.67. The van der Waals surface area contributed by atoms with Gasteiger partial charge in [-0.3, -0.25) is 9.69 Å². The van der Waals surface area contributed by atoms with Crippen LogP contribution in [0.4, 0.5) is 0 Å². The molecule has 6 nitrogen and oxygen atoms in total. The van der Waals surface area contributed by atoms with Gasteiger partial charge >= 0.3 is 0 Å². The molecule has 1 saturated heterocycles. The highest BCUT2D eigenvalue weighted by atomic mass is 16.5. The molecule has 43 heavy (non-hydrogen) atoms. The van der Waals surface area contributed by atoms with Gasteiger partial charge in [0.1, 0.15) is 11.9 Å². The quantitative estimate of drug-likeness (QED) is 0.266. The SMILES string of the molecule is CCCCN(C(=O)CCCCCc1ccccc1)[C@H]1CC[C@H]2[C@H]3Cc4c(O)cc(OC)c5c4[C@@]2(CCN3CC2CC2)[C@H]1O5. The van der Waals surface area contributed by atoms with E-state index in [4.69, 9.17) is 9.47 Å². The average Bonchev–Trinajstić information content (AvgIpc) is 3.78. The number of methoxy groups -OCH3 is 1. The second-order valence-electron chi connectivity index (χ2n) is 14.1. The zero-order chi connectivity index (χ0) is 29.6. The Labute approximate surface area is 257 Å². The van der Waals surface area contributed by atoms with Gasteiger partial charge < -0.3 is 19.5 Å². The highest BCUT2D eigenvalue weighted by Gasteiger charge is 2.67. The number of amides is 1. The number of phenolic OH excluding ortho intramolecular Hbond substituents is 1. The van der Waals surface area contributed by atoms with E-state index < -0.39 is 0 Å². The molecule has 0 unspecified atom stereocenters. The standard InChI is InChI=1S/C37H50N2O4/c1-3-4-20-39(33(41)14-10-6-9-13-25-11-7-5-8-12-25)29-18-17-28-30-22-27-31(40)23-32(42-2)35-34(27)37(28,36(29)43-35)19-21-38(30)24-26-15-16-26/h5,7-8,11-12,23,26,28-30,36,40H,3-4,6,9-10,13-22,24H2,1-2H3/t28-,29-,30+,36-,37-/m0/s1. The Balaban J connectivity index is 1.14. The van der Waals surface area contributed by atoms with Gasteiger partial charge in [-0.1, -0.05) is 50.1 Å². The summed E-state index contributed by atoms with van der Waals surface area (Å²) in [5.41, 5.74) is 3.51. The molecular weight excluding hydrogens is 536 g/mol. The first-order valence-corrected chi connectivity index (χ1v) is 17.2. The first-order valence-electron chi connectivity index (χ1n) is 17.2. The molecule has 2 bridgehead atoms. The molecule has 3 aliphatic carbocycles. The van der Waals surface area contributed by atoms with Gasteiger partial charge in [0.15, 0.2) is 11.5 Å². The maximum absolute atomic E-state index is 14.0. The van der Waals surface area contributed by atoms with Crippen molar-refractivity contribution >= 4 is 5.91 Å². The summed E-state index contributed by atoms with van der Waals surface area (Å²) in [6, 6.07) is 12.9. The number of carbonyl (C=O) groups excluding carboxylic acids is 1. The lowest BCUT2D eigenvalue weighted by Gasteiger charge is -2.60. The fraction of sp³-hybridized carbons (Fsp3) is 0.649. The average molecular weight is 587 g/mol. The monoisotopic (exact) mass is 586 g/mol. The van der Waals surface area contributed by atoms with Gasteiger partial charge in [-0.05, 0) is 88.2 Å². The van der Waals surface area contributed by atoms with E-state index in [1.165, 1.54) is 30.5 Å². The molecule has 1 amide bonds. The zero-order valence-electron chi connectivity index (χ0n) is 26.2. The summed E-state index contributed by atoms with van der Waals surface area (Å²) in [6.45, 7) is 5.28. The summed E-state index contributed by atoms with van der Waals surface area (Å²) < 4.78 is 12.9. The molecule has 3 fully saturated rings. The first-order chi connectivity index (χ1) is 21.0. The van der Waals surface area contributed by atoms with Crippen molar-refractivity contribution in [2.45, 2.75) is 114 Å². The summed E-state index contributed by atoms with van der Waals surface area (Å²) in [6.07, 6.45) is 13.5. The Bertz CT molecular complexity index is 1310. The van der Waals surface area contributed by atoms with Crippen LogP contribution in [0.1, 0.15) is 94.2 Å². The second-order valence-corrected chi connectivity index (χ2v) is 14.1. The van der Waals surface area contributed by atoms with Crippen LogP contribution in [0.25, 0.3) is 0 Å². The summed E-state index contributed by atoms with van der Waals surface area (Å²) in [4.78, 5) is 19.0. The van der Waals surface area contributed by atoms with E-state index in [1.807, 2.05) is 0 Å². The van der Waals surface area contributed by atoms with Crippen LogP contribution >= 0.6 is 0 Å². The highest BCUT2D eigenvalue weighted by Crippen LogP contribution is 2.65. The van der Waals surface area contributed by atoms with Crippen LogP contribution in [0.15, 0.2) is 36.4 Å². The summed E-state index contributed by atoms with van der Waals surface area (Å²) in [5.74, 6) is 3.46. The Morgan fingerprint density at radius 1 is 1.12 bits per heavy atom. The van der Waals surface area contributed by atoms with Crippen molar-refractivity contribution in [1.29, 1.82) is 0 Å².